The second kappa shape index (κ2) is 8.91. The molecule has 0 aliphatic carbocycles. The van der Waals surface area contributed by atoms with Gasteiger partial charge in [-0.05, 0) is 37.0 Å². The van der Waals surface area contributed by atoms with Crippen LogP contribution in [0.25, 0.3) is 10.8 Å². The lowest BCUT2D eigenvalue weighted by atomic mass is 9.98. The highest BCUT2D eigenvalue weighted by Gasteiger charge is 2.20. The number of nitrogens with zero attached hydrogens (tertiary/aromatic N) is 3. The molecule has 1 aromatic carbocycles. The number of anilines is 1. The second-order valence-electron chi connectivity index (χ2n) is 6.82. The van der Waals surface area contributed by atoms with Gasteiger partial charge in [-0.3, -0.25) is 4.79 Å². The van der Waals surface area contributed by atoms with Crippen LogP contribution in [-0.4, -0.2) is 33.4 Å². The van der Waals surface area contributed by atoms with Crippen LogP contribution in [-0.2, 0) is 9.53 Å². The molecule has 0 aliphatic heterocycles. The summed E-state index contributed by atoms with van der Waals surface area (Å²) >= 11 is 1.14. The molecular formula is C21H22N4O3S. The monoisotopic (exact) mass is 410 g/mol. The zero-order chi connectivity index (χ0) is 21.0. The Morgan fingerprint density at radius 1 is 1.14 bits per heavy atom. The number of thiazole rings is 1. The van der Waals surface area contributed by atoms with E-state index in [1.165, 1.54) is 0 Å². The number of aromatic nitrogens is 3. The normalized spacial score (nSPS) is 10.8. The Kier molecular flexibility index (Phi) is 6.33. The largest absolute Gasteiger partial charge is 0.451 e. The third-order valence-corrected chi connectivity index (χ3v) is 5.40. The lowest BCUT2D eigenvalue weighted by Gasteiger charge is -2.16. The Morgan fingerprint density at radius 2 is 1.86 bits per heavy atom. The molecule has 1 amide bonds. The van der Waals surface area contributed by atoms with Crippen LogP contribution in [0.3, 0.4) is 0 Å². The summed E-state index contributed by atoms with van der Waals surface area (Å²) in [7, 11) is 0. The molecule has 0 bridgehead atoms. The number of esters is 1. The predicted molar refractivity (Wildman–Crippen MR) is 112 cm³/mol. The first-order valence-electron chi connectivity index (χ1n) is 9.18. The third-order valence-electron chi connectivity index (χ3n) is 4.26. The van der Waals surface area contributed by atoms with Gasteiger partial charge in [0.2, 0.25) is 0 Å². The molecule has 0 radical (unpaired) electrons. The highest BCUT2D eigenvalue weighted by Crippen LogP contribution is 2.28. The van der Waals surface area contributed by atoms with Crippen molar-refractivity contribution in [2.75, 3.05) is 11.9 Å². The van der Waals surface area contributed by atoms with Gasteiger partial charge >= 0.3 is 5.97 Å². The van der Waals surface area contributed by atoms with Gasteiger partial charge in [-0.25, -0.2) is 19.7 Å². The van der Waals surface area contributed by atoms with Crippen molar-refractivity contribution in [2.24, 2.45) is 0 Å². The number of ether oxygens (including phenoxy) is 1. The summed E-state index contributed by atoms with van der Waals surface area (Å²) in [5.74, 6) is -0.279. The van der Waals surface area contributed by atoms with Crippen LogP contribution in [0, 0.1) is 13.8 Å². The van der Waals surface area contributed by atoms with E-state index in [0.717, 1.165) is 28.2 Å². The molecule has 1 N–H and O–H groups in total. The Bertz CT molecular complexity index is 1030. The maximum absolute atomic E-state index is 12.4. The molecule has 0 atom stereocenters. The zero-order valence-electron chi connectivity index (χ0n) is 16.7. The summed E-state index contributed by atoms with van der Waals surface area (Å²) in [6.45, 7) is 7.39. The molecule has 7 nitrogen and oxygen atoms in total. The highest BCUT2D eigenvalue weighted by molar-refractivity contribution is 7.16. The maximum atomic E-state index is 12.4. The molecule has 0 unspecified atom stereocenters. The summed E-state index contributed by atoms with van der Waals surface area (Å²) in [5, 5.41) is 3.39. The summed E-state index contributed by atoms with van der Waals surface area (Å²) < 4.78 is 5.21. The van der Waals surface area contributed by atoms with Crippen molar-refractivity contribution >= 4 is 28.9 Å². The van der Waals surface area contributed by atoms with E-state index in [4.69, 9.17) is 4.74 Å². The van der Waals surface area contributed by atoms with E-state index < -0.39 is 5.97 Å². The van der Waals surface area contributed by atoms with Gasteiger partial charge in [-0.2, -0.15) is 0 Å². The zero-order valence-corrected chi connectivity index (χ0v) is 17.5. The van der Waals surface area contributed by atoms with Gasteiger partial charge in [0.15, 0.2) is 17.4 Å². The molecule has 0 saturated heterocycles. The number of aryl methyl sites for hydroxylation is 2. The van der Waals surface area contributed by atoms with E-state index in [9.17, 15) is 9.59 Å². The molecule has 0 fully saturated rings. The van der Waals surface area contributed by atoms with Crippen molar-refractivity contribution < 1.29 is 14.3 Å². The van der Waals surface area contributed by atoms with Crippen LogP contribution >= 0.6 is 11.3 Å². The smallest absolute Gasteiger partial charge is 0.350 e. The van der Waals surface area contributed by atoms with Crippen LogP contribution < -0.4 is 5.32 Å². The van der Waals surface area contributed by atoms with Crippen molar-refractivity contribution in [1.29, 1.82) is 0 Å². The number of carbonyl (C=O) groups excluding carboxylic acids is 2. The molecule has 3 aromatic rings. The Morgan fingerprint density at radius 3 is 2.55 bits per heavy atom. The molecular weight excluding hydrogens is 388 g/mol. The summed E-state index contributed by atoms with van der Waals surface area (Å²) in [5.41, 5.74) is 3.28. The van der Waals surface area contributed by atoms with Gasteiger partial charge in [0.25, 0.3) is 5.91 Å². The van der Waals surface area contributed by atoms with E-state index >= 15 is 0 Å². The minimum absolute atomic E-state index is 0.256. The Labute approximate surface area is 173 Å². The van der Waals surface area contributed by atoms with Crippen molar-refractivity contribution in [3.05, 3.63) is 58.4 Å². The molecule has 0 spiro atoms. The fourth-order valence-corrected chi connectivity index (χ4v) is 3.71. The number of benzene rings is 1. The predicted octanol–water partition coefficient (Wildman–Crippen LogP) is 4.14. The molecule has 2 aromatic heterocycles. The Balaban J connectivity index is 1.66. The van der Waals surface area contributed by atoms with Crippen LogP contribution in [0.15, 0.2) is 36.7 Å². The second-order valence-corrected chi connectivity index (χ2v) is 7.82. The van der Waals surface area contributed by atoms with Gasteiger partial charge in [-0.15, -0.1) is 11.3 Å². The van der Waals surface area contributed by atoms with Crippen LogP contribution in [0.2, 0.25) is 0 Å². The van der Waals surface area contributed by atoms with Gasteiger partial charge in [-0.1, -0.05) is 32.0 Å². The minimum Gasteiger partial charge on any atom is -0.451 e. The van der Waals surface area contributed by atoms with Crippen molar-refractivity contribution in [2.45, 2.75) is 33.6 Å². The number of hydrogen-bond donors (Lipinski definition) is 1. The number of carbonyl (C=O) groups is 2. The SMILES string of the molecule is Cc1cccc(C(C)C)c1NC(=O)COC(=O)c1sc(-c2ncccn2)nc1C. The Hall–Kier alpha value is -3.13. The fourth-order valence-electron chi connectivity index (χ4n) is 2.81. The molecule has 8 heteroatoms. The highest BCUT2D eigenvalue weighted by atomic mass is 32.1. The summed E-state index contributed by atoms with van der Waals surface area (Å²) in [6, 6.07) is 7.58. The molecule has 150 valence electrons. The van der Waals surface area contributed by atoms with Gasteiger partial charge < -0.3 is 10.1 Å². The molecule has 29 heavy (non-hydrogen) atoms. The third kappa shape index (κ3) is 4.83. The average molecular weight is 410 g/mol. The van der Waals surface area contributed by atoms with E-state index in [-0.39, 0.29) is 18.4 Å². The standard InChI is InChI=1S/C21H22N4O3S/c1-12(2)15-8-5-7-13(3)17(15)25-16(26)11-28-21(27)18-14(4)24-20(29-18)19-22-9-6-10-23-19/h5-10,12H,11H2,1-4H3,(H,25,26). The molecule has 2 heterocycles. The lowest BCUT2D eigenvalue weighted by molar-refractivity contribution is -0.119. The van der Waals surface area contributed by atoms with Crippen LogP contribution in [0.1, 0.15) is 46.3 Å². The van der Waals surface area contributed by atoms with Gasteiger partial charge in [0.1, 0.15) is 4.88 Å². The average Bonchev–Trinajstić information content (AvgIpc) is 3.10. The maximum Gasteiger partial charge on any atom is 0.350 e. The lowest BCUT2D eigenvalue weighted by Crippen LogP contribution is -2.22. The number of para-hydroxylation sites is 1. The van der Waals surface area contributed by atoms with Gasteiger partial charge in [0, 0.05) is 18.1 Å². The minimum atomic E-state index is -0.591. The van der Waals surface area contributed by atoms with Gasteiger partial charge in [0.05, 0.1) is 5.69 Å². The summed E-state index contributed by atoms with van der Waals surface area (Å²) in [4.78, 5) is 37.7. The van der Waals surface area contributed by atoms with E-state index in [1.807, 2.05) is 25.1 Å². The first-order chi connectivity index (χ1) is 13.9. The first kappa shape index (κ1) is 20.6. The fraction of sp³-hybridized carbons (Fsp3) is 0.286. The van der Waals surface area contributed by atoms with Crippen molar-refractivity contribution in [3.8, 4) is 10.8 Å². The number of nitrogens with one attached hydrogen (secondary N) is 1. The molecule has 0 aliphatic rings. The van der Waals surface area contributed by atoms with E-state index in [0.29, 0.717) is 21.4 Å². The first-order valence-corrected chi connectivity index (χ1v) is 9.99. The number of amides is 1. The number of rotatable bonds is 6. The van der Waals surface area contributed by atoms with E-state index in [1.54, 1.807) is 25.4 Å². The van der Waals surface area contributed by atoms with Crippen LogP contribution in [0.4, 0.5) is 5.69 Å². The van der Waals surface area contributed by atoms with Crippen LogP contribution in [0.5, 0.6) is 0 Å². The molecule has 0 saturated carbocycles. The topological polar surface area (TPSA) is 94.1 Å². The molecule has 3 rings (SSSR count). The van der Waals surface area contributed by atoms with Crippen molar-refractivity contribution in [1.82, 2.24) is 15.0 Å². The quantitative estimate of drug-likeness (QED) is 0.614. The van der Waals surface area contributed by atoms with Crippen molar-refractivity contribution in [3.63, 3.8) is 0 Å². The summed E-state index contributed by atoms with van der Waals surface area (Å²) in [6.07, 6.45) is 3.22. The number of hydrogen-bond acceptors (Lipinski definition) is 7. The van der Waals surface area contributed by atoms with E-state index in [2.05, 4.69) is 34.1 Å².